The first-order valence-corrected chi connectivity index (χ1v) is 5.49. The lowest BCUT2D eigenvalue weighted by Gasteiger charge is -2.07. The van der Waals surface area contributed by atoms with Gasteiger partial charge in [0.15, 0.2) is 0 Å². The number of halogens is 1. The van der Waals surface area contributed by atoms with Crippen LogP contribution in [0.2, 0.25) is 5.15 Å². The summed E-state index contributed by atoms with van der Waals surface area (Å²) in [5.41, 5.74) is 0.834. The molecule has 1 aromatic heterocycles. The first-order valence-electron chi connectivity index (χ1n) is 5.11. The number of amides is 1. The summed E-state index contributed by atoms with van der Waals surface area (Å²) in [5.74, 6) is 0.289. The van der Waals surface area contributed by atoms with E-state index in [2.05, 4.69) is 15.3 Å². The molecule has 1 amide bonds. The van der Waals surface area contributed by atoms with Gasteiger partial charge in [0.2, 0.25) is 0 Å². The summed E-state index contributed by atoms with van der Waals surface area (Å²) in [6, 6.07) is 7.01. The Hall–Kier alpha value is -2.14. The smallest absolute Gasteiger partial charge is 0.260 e. The first-order chi connectivity index (χ1) is 8.70. The Labute approximate surface area is 109 Å². The van der Waals surface area contributed by atoms with Gasteiger partial charge in [-0.15, -0.1) is 0 Å². The molecule has 0 unspecified atom stereocenters. The second kappa shape index (κ2) is 5.46. The van der Waals surface area contributed by atoms with Crippen molar-refractivity contribution in [3.8, 4) is 5.75 Å². The molecule has 1 heterocycles. The van der Waals surface area contributed by atoms with Gasteiger partial charge in [0.05, 0.1) is 12.7 Å². The van der Waals surface area contributed by atoms with Crippen molar-refractivity contribution in [2.75, 3.05) is 12.4 Å². The number of ether oxygens (including phenoxy) is 1. The van der Waals surface area contributed by atoms with E-state index in [-0.39, 0.29) is 16.6 Å². The van der Waals surface area contributed by atoms with E-state index in [9.17, 15) is 4.79 Å². The molecule has 0 saturated carbocycles. The number of rotatable bonds is 3. The number of aromatic nitrogens is 2. The third-order valence-corrected chi connectivity index (χ3v) is 2.54. The lowest BCUT2D eigenvalue weighted by molar-refractivity contribution is 0.102. The largest absolute Gasteiger partial charge is 0.497 e. The Morgan fingerprint density at radius 3 is 3.00 bits per heavy atom. The maximum Gasteiger partial charge on any atom is 0.260 e. The van der Waals surface area contributed by atoms with Gasteiger partial charge in [-0.05, 0) is 12.1 Å². The maximum absolute atomic E-state index is 11.9. The van der Waals surface area contributed by atoms with E-state index in [0.717, 1.165) is 0 Å². The number of anilines is 1. The molecule has 0 saturated heterocycles. The first kappa shape index (κ1) is 12.3. The summed E-state index contributed by atoms with van der Waals surface area (Å²) in [4.78, 5) is 19.4. The zero-order valence-electron chi connectivity index (χ0n) is 9.55. The summed E-state index contributed by atoms with van der Waals surface area (Å²) in [6.07, 6.45) is 2.65. The molecule has 0 aliphatic rings. The molecule has 5 nitrogen and oxygen atoms in total. The van der Waals surface area contributed by atoms with Gasteiger partial charge in [-0.1, -0.05) is 17.7 Å². The Bertz CT molecular complexity index is 575. The molecule has 18 heavy (non-hydrogen) atoms. The molecule has 6 heteroatoms. The van der Waals surface area contributed by atoms with Crippen molar-refractivity contribution < 1.29 is 9.53 Å². The van der Waals surface area contributed by atoms with Crippen molar-refractivity contribution in [1.82, 2.24) is 9.97 Å². The molecule has 0 aliphatic carbocycles. The van der Waals surface area contributed by atoms with Crippen LogP contribution in [-0.2, 0) is 0 Å². The van der Waals surface area contributed by atoms with Crippen molar-refractivity contribution in [3.05, 3.63) is 47.5 Å². The van der Waals surface area contributed by atoms with E-state index < -0.39 is 0 Å². The third kappa shape index (κ3) is 2.75. The van der Waals surface area contributed by atoms with Crippen LogP contribution in [0.25, 0.3) is 0 Å². The number of hydrogen-bond donors (Lipinski definition) is 1. The molecule has 0 spiro atoms. The monoisotopic (exact) mass is 263 g/mol. The molecule has 2 rings (SSSR count). The minimum absolute atomic E-state index is 0.116. The van der Waals surface area contributed by atoms with E-state index in [4.69, 9.17) is 16.3 Å². The fourth-order valence-corrected chi connectivity index (χ4v) is 1.54. The summed E-state index contributed by atoms with van der Waals surface area (Å²) in [7, 11) is 1.56. The summed E-state index contributed by atoms with van der Waals surface area (Å²) in [5, 5.41) is 2.81. The van der Waals surface area contributed by atoms with Crippen LogP contribution in [0.15, 0.2) is 36.8 Å². The van der Waals surface area contributed by atoms with Gasteiger partial charge in [-0.2, -0.15) is 0 Å². The molecule has 0 bridgehead atoms. The summed E-state index contributed by atoms with van der Waals surface area (Å²) < 4.78 is 5.06. The molecular weight excluding hydrogens is 254 g/mol. The Morgan fingerprint density at radius 1 is 1.44 bits per heavy atom. The van der Waals surface area contributed by atoms with Gasteiger partial charge >= 0.3 is 0 Å². The van der Waals surface area contributed by atoms with Crippen LogP contribution in [0, 0.1) is 0 Å². The molecule has 0 fully saturated rings. The number of carbonyl (C=O) groups is 1. The van der Waals surface area contributed by atoms with E-state index in [1.165, 1.54) is 12.5 Å². The molecule has 0 radical (unpaired) electrons. The predicted octanol–water partition coefficient (Wildman–Crippen LogP) is 2.39. The normalized spacial score (nSPS) is 9.89. The fourth-order valence-electron chi connectivity index (χ4n) is 1.37. The average molecular weight is 264 g/mol. The molecular formula is C12H10ClN3O2. The third-order valence-electron chi connectivity index (χ3n) is 2.24. The number of methoxy groups -OCH3 is 1. The van der Waals surface area contributed by atoms with Crippen molar-refractivity contribution >= 4 is 23.2 Å². The fraction of sp³-hybridized carbons (Fsp3) is 0.0833. The highest BCUT2D eigenvalue weighted by atomic mass is 35.5. The number of carbonyl (C=O) groups excluding carboxylic acids is 1. The van der Waals surface area contributed by atoms with E-state index >= 15 is 0 Å². The number of nitrogens with zero attached hydrogens (tertiary/aromatic N) is 2. The second-order valence-electron chi connectivity index (χ2n) is 3.41. The zero-order chi connectivity index (χ0) is 13.0. The maximum atomic E-state index is 11.9. The van der Waals surface area contributed by atoms with Gasteiger partial charge in [-0.25, -0.2) is 9.97 Å². The zero-order valence-corrected chi connectivity index (χ0v) is 10.3. The van der Waals surface area contributed by atoms with Gasteiger partial charge in [0.1, 0.15) is 17.2 Å². The van der Waals surface area contributed by atoms with Crippen LogP contribution in [0.3, 0.4) is 0 Å². The highest BCUT2D eigenvalue weighted by molar-refractivity contribution is 6.33. The van der Waals surface area contributed by atoms with Crippen LogP contribution in [0.5, 0.6) is 5.75 Å². The molecule has 92 valence electrons. The van der Waals surface area contributed by atoms with Crippen LogP contribution in [-0.4, -0.2) is 23.0 Å². The van der Waals surface area contributed by atoms with Crippen molar-refractivity contribution in [2.24, 2.45) is 0 Å². The molecule has 0 aliphatic heterocycles. The highest BCUT2D eigenvalue weighted by Crippen LogP contribution is 2.18. The topological polar surface area (TPSA) is 64.1 Å². The van der Waals surface area contributed by atoms with Crippen molar-refractivity contribution in [2.45, 2.75) is 0 Å². The minimum Gasteiger partial charge on any atom is -0.497 e. The minimum atomic E-state index is -0.367. The Balaban J connectivity index is 2.19. The lowest BCUT2D eigenvalue weighted by atomic mass is 10.2. The van der Waals surface area contributed by atoms with Crippen LogP contribution < -0.4 is 10.1 Å². The number of hydrogen-bond acceptors (Lipinski definition) is 4. The highest BCUT2D eigenvalue weighted by Gasteiger charge is 2.11. The number of nitrogens with one attached hydrogen (secondary N) is 1. The summed E-state index contributed by atoms with van der Waals surface area (Å²) in [6.45, 7) is 0. The predicted molar refractivity (Wildman–Crippen MR) is 68.0 cm³/mol. The Morgan fingerprint density at radius 2 is 2.28 bits per heavy atom. The van der Waals surface area contributed by atoms with Gasteiger partial charge < -0.3 is 10.1 Å². The van der Waals surface area contributed by atoms with Gasteiger partial charge in [0.25, 0.3) is 5.91 Å². The molecule has 0 atom stereocenters. The quantitative estimate of drug-likeness (QED) is 0.864. The second-order valence-corrected chi connectivity index (χ2v) is 3.77. The molecule has 1 N–H and O–H groups in total. The average Bonchev–Trinajstić information content (AvgIpc) is 2.39. The standard InChI is InChI=1S/C12H10ClN3O2/c1-18-9-4-2-3-8(5-9)16-12(17)10-6-14-7-15-11(10)13/h2-7H,1H3,(H,16,17). The Kier molecular flexibility index (Phi) is 3.74. The number of benzene rings is 1. The van der Waals surface area contributed by atoms with Gasteiger partial charge in [-0.3, -0.25) is 4.79 Å². The summed E-state index contributed by atoms with van der Waals surface area (Å²) >= 11 is 5.81. The van der Waals surface area contributed by atoms with E-state index in [1.54, 1.807) is 31.4 Å². The lowest BCUT2D eigenvalue weighted by Crippen LogP contribution is -2.13. The van der Waals surface area contributed by atoms with Crippen LogP contribution in [0.1, 0.15) is 10.4 Å². The van der Waals surface area contributed by atoms with Crippen LogP contribution in [0.4, 0.5) is 5.69 Å². The SMILES string of the molecule is COc1cccc(NC(=O)c2cncnc2Cl)c1. The van der Waals surface area contributed by atoms with E-state index in [0.29, 0.717) is 11.4 Å². The molecule has 2 aromatic rings. The van der Waals surface area contributed by atoms with E-state index in [1.807, 2.05) is 0 Å². The van der Waals surface area contributed by atoms with Crippen LogP contribution >= 0.6 is 11.6 Å². The van der Waals surface area contributed by atoms with Gasteiger partial charge in [0, 0.05) is 18.0 Å². The van der Waals surface area contributed by atoms with Crippen molar-refractivity contribution in [3.63, 3.8) is 0 Å². The van der Waals surface area contributed by atoms with Crippen molar-refractivity contribution in [1.29, 1.82) is 0 Å². The molecule has 1 aromatic carbocycles.